The van der Waals surface area contributed by atoms with E-state index in [0.29, 0.717) is 18.7 Å². The highest BCUT2D eigenvalue weighted by atomic mass is 32.1. The number of hydrogen-bond donors (Lipinski definition) is 1. The van der Waals surface area contributed by atoms with Gasteiger partial charge < -0.3 is 15.0 Å². The van der Waals surface area contributed by atoms with E-state index in [-0.39, 0.29) is 5.91 Å². The topological polar surface area (TPSA) is 70.6 Å². The summed E-state index contributed by atoms with van der Waals surface area (Å²) in [6.45, 7) is 7.89. The lowest BCUT2D eigenvalue weighted by Crippen LogP contribution is -2.48. The maximum atomic E-state index is 12.5. The summed E-state index contributed by atoms with van der Waals surface area (Å²) >= 11 is 3.27. The third kappa shape index (κ3) is 4.41. The van der Waals surface area contributed by atoms with E-state index >= 15 is 0 Å². The third-order valence-electron chi connectivity index (χ3n) is 5.62. The van der Waals surface area contributed by atoms with Crippen molar-refractivity contribution in [1.82, 2.24) is 20.2 Å². The SMILES string of the molecule is CCOc1cccc2sc(N3CCN(CCNC(=O)c4ccc5ncsc5c4)CC3)nc12. The summed E-state index contributed by atoms with van der Waals surface area (Å²) in [6, 6.07) is 11.8. The van der Waals surface area contributed by atoms with E-state index in [0.717, 1.165) is 64.0 Å². The predicted molar refractivity (Wildman–Crippen MR) is 131 cm³/mol. The summed E-state index contributed by atoms with van der Waals surface area (Å²) in [4.78, 5) is 26.3. The van der Waals surface area contributed by atoms with Crippen LogP contribution in [0, 0.1) is 0 Å². The molecule has 5 rings (SSSR count). The number of thiazole rings is 2. The molecule has 4 aromatic rings. The van der Waals surface area contributed by atoms with Gasteiger partial charge in [0.1, 0.15) is 11.3 Å². The number of carbonyl (C=O) groups excluding carboxylic acids is 1. The zero-order valence-corrected chi connectivity index (χ0v) is 19.5. The molecule has 2 aromatic heterocycles. The lowest BCUT2D eigenvalue weighted by molar-refractivity contribution is 0.0948. The first-order valence-corrected chi connectivity index (χ1v) is 12.5. The van der Waals surface area contributed by atoms with E-state index in [1.165, 1.54) is 0 Å². The summed E-state index contributed by atoms with van der Waals surface area (Å²) in [5.74, 6) is 0.829. The van der Waals surface area contributed by atoms with Crippen LogP contribution in [0.1, 0.15) is 17.3 Å². The van der Waals surface area contributed by atoms with Crippen molar-refractivity contribution in [2.24, 2.45) is 0 Å². The molecule has 7 nitrogen and oxygen atoms in total. The van der Waals surface area contributed by atoms with Gasteiger partial charge in [-0.3, -0.25) is 9.69 Å². The minimum Gasteiger partial charge on any atom is -0.492 e. The van der Waals surface area contributed by atoms with Gasteiger partial charge in [-0.25, -0.2) is 9.97 Å². The molecule has 9 heteroatoms. The summed E-state index contributed by atoms with van der Waals surface area (Å²) in [5.41, 5.74) is 4.38. The molecule has 32 heavy (non-hydrogen) atoms. The fourth-order valence-electron chi connectivity index (χ4n) is 3.91. The van der Waals surface area contributed by atoms with Gasteiger partial charge in [0.2, 0.25) is 0 Å². The number of aromatic nitrogens is 2. The van der Waals surface area contributed by atoms with Crippen LogP contribution in [0.2, 0.25) is 0 Å². The largest absolute Gasteiger partial charge is 0.492 e. The first kappa shape index (κ1) is 21.1. The Labute approximate surface area is 194 Å². The van der Waals surface area contributed by atoms with E-state index in [2.05, 4.69) is 26.2 Å². The number of rotatable bonds is 7. The predicted octanol–water partition coefficient (Wildman–Crippen LogP) is 3.86. The summed E-state index contributed by atoms with van der Waals surface area (Å²) in [7, 11) is 0. The van der Waals surface area contributed by atoms with Crippen molar-refractivity contribution in [1.29, 1.82) is 0 Å². The van der Waals surface area contributed by atoms with E-state index in [1.54, 1.807) is 28.2 Å². The molecule has 0 atom stereocenters. The van der Waals surface area contributed by atoms with Gasteiger partial charge in [-0.2, -0.15) is 0 Å². The number of fused-ring (bicyclic) bond motifs is 2. The van der Waals surface area contributed by atoms with E-state index in [4.69, 9.17) is 9.72 Å². The highest BCUT2D eigenvalue weighted by Crippen LogP contribution is 2.34. The van der Waals surface area contributed by atoms with Crippen LogP contribution in [-0.2, 0) is 0 Å². The normalized spacial score (nSPS) is 14.8. The second-order valence-corrected chi connectivity index (χ2v) is 9.55. The summed E-state index contributed by atoms with van der Waals surface area (Å²) < 4.78 is 7.93. The first-order chi connectivity index (χ1) is 15.7. The lowest BCUT2D eigenvalue weighted by Gasteiger charge is -2.34. The summed E-state index contributed by atoms with van der Waals surface area (Å²) in [5, 5.41) is 4.10. The average molecular weight is 468 g/mol. The minimum absolute atomic E-state index is 0.0292. The van der Waals surface area contributed by atoms with Gasteiger partial charge in [-0.05, 0) is 37.3 Å². The zero-order chi connectivity index (χ0) is 21.9. The molecule has 1 amide bonds. The van der Waals surface area contributed by atoms with Gasteiger partial charge in [-0.15, -0.1) is 11.3 Å². The monoisotopic (exact) mass is 467 g/mol. The molecule has 1 saturated heterocycles. The molecule has 1 N–H and O–H groups in total. The van der Waals surface area contributed by atoms with Crippen molar-refractivity contribution in [2.45, 2.75) is 6.92 Å². The number of nitrogens with zero attached hydrogens (tertiary/aromatic N) is 4. The number of hydrogen-bond acceptors (Lipinski definition) is 8. The third-order valence-corrected chi connectivity index (χ3v) is 7.49. The maximum Gasteiger partial charge on any atom is 0.251 e. The van der Waals surface area contributed by atoms with Gasteiger partial charge in [0.15, 0.2) is 5.13 Å². The Morgan fingerprint density at radius 3 is 2.88 bits per heavy atom. The quantitative estimate of drug-likeness (QED) is 0.445. The molecule has 0 aliphatic carbocycles. The molecular formula is C23H25N5O2S2. The van der Waals surface area contributed by atoms with Gasteiger partial charge >= 0.3 is 0 Å². The number of benzene rings is 2. The van der Waals surface area contributed by atoms with Crippen LogP contribution in [0.3, 0.4) is 0 Å². The fraction of sp³-hybridized carbons (Fsp3) is 0.348. The fourth-order valence-corrected chi connectivity index (χ4v) is 5.66. The van der Waals surface area contributed by atoms with Crippen molar-refractivity contribution < 1.29 is 9.53 Å². The Balaban J connectivity index is 1.12. The molecule has 1 fully saturated rings. The molecule has 0 bridgehead atoms. The molecule has 0 unspecified atom stereocenters. The Hall–Kier alpha value is -2.75. The van der Waals surface area contributed by atoms with Crippen LogP contribution >= 0.6 is 22.7 Å². The second kappa shape index (κ2) is 9.40. The molecule has 0 saturated carbocycles. The number of ether oxygens (including phenoxy) is 1. The van der Waals surface area contributed by atoms with Crippen molar-refractivity contribution in [2.75, 3.05) is 50.8 Å². The number of anilines is 1. The number of piperazine rings is 1. The smallest absolute Gasteiger partial charge is 0.251 e. The average Bonchev–Trinajstić information content (AvgIpc) is 3.47. The Morgan fingerprint density at radius 1 is 1.16 bits per heavy atom. The van der Waals surface area contributed by atoms with E-state index < -0.39 is 0 Å². The van der Waals surface area contributed by atoms with Crippen molar-refractivity contribution in [3.8, 4) is 5.75 Å². The van der Waals surface area contributed by atoms with Gasteiger partial charge in [0.05, 0.1) is 27.0 Å². The van der Waals surface area contributed by atoms with Crippen molar-refractivity contribution >= 4 is 54.1 Å². The number of amides is 1. The molecule has 3 heterocycles. The van der Waals surface area contributed by atoms with Crippen LogP contribution in [0.4, 0.5) is 5.13 Å². The minimum atomic E-state index is -0.0292. The van der Waals surface area contributed by atoms with Crippen LogP contribution in [-0.4, -0.2) is 66.7 Å². The molecule has 2 aromatic carbocycles. The molecule has 0 radical (unpaired) electrons. The highest BCUT2D eigenvalue weighted by Gasteiger charge is 2.20. The van der Waals surface area contributed by atoms with Crippen LogP contribution in [0.25, 0.3) is 20.4 Å². The lowest BCUT2D eigenvalue weighted by atomic mass is 10.2. The van der Waals surface area contributed by atoms with E-state index in [1.807, 2.05) is 37.3 Å². The van der Waals surface area contributed by atoms with Gasteiger partial charge in [-0.1, -0.05) is 17.4 Å². The first-order valence-electron chi connectivity index (χ1n) is 10.8. The Kier molecular flexibility index (Phi) is 6.20. The maximum absolute atomic E-state index is 12.5. The molecule has 0 spiro atoms. The highest BCUT2D eigenvalue weighted by molar-refractivity contribution is 7.22. The van der Waals surface area contributed by atoms with Gasteiger partial charge in [0, 0.05) is 44.8 Å². The van der Waals surface area contributed by atoms with Crippen molar-refractivity contribution in [3.63, 3.8) is 0 Å². The van der Waals surface area contributed by atoms with E-state index in [9.17, 15) is 4.79 Å². The van der Waals surface area contributed by atoms with Gasteiger partial charge in [0.25, 0.3) is 5.91 Å². The summed E-state index contributed by atoms with van der Waals surface area (Å²) in [6.07, 6.45) is 0. The Morgan fingerprint density at radius 2 is 2.03 bits per heavy atom. The molecule has 1 aliphatic heterocycles. The molecule has 166 valence electrons. The zero-order valence-electron chi connectivity index (χ0n) is 17.9. The number of para-hydroxylation sites is 1. The van der Waals surface area contributed by atoms with Crippen LogP contribution in [0.5, 0.6) is 5.75 Å². The van der Waals surface area contributed by atoms with Crippen molar-refractivity contribution in [3.05, 3.63) is 47.5 Å². The number of carbonyl (C=O) groups is 1. The van der Waals surface area contributed by atoms with Crippen LogP contribution in [0.15, 0.2) is 41.9 Å². The molecule has 1 aliphatic rings. The molecular weight excluding hydrogens is 442 g/mol. The van der Waals surface area contributed by atoms with Crippen LogP contribution < -0.4 is 15.0 Å². The second-order valence-electron chi connectivity index (χ2n) is 7.65. The number of nitrogens with one attached hydrogen (secondary N) is 1. The standard InChI is InChI=1S/C23H25N5O2S2/c1-2-30-18-4-3-5-19-21(18)26-23(32-19)28-12-10-27(11-13-28)9-8-24-22(29)16-6-7-17-20(14-16)31-15-25-17/h3-7,14-15H,2,8-13H2,1H3,(H,24,29). The Bertz CT molecular complexity index is 1230.